The molecule has 0 saturated heterocycles. The van der Waals surface area contributed by atoms with Gasteiger partial charge in [-0.25, -0.2) is 4.79 Å². The minimum Gasteiger partial charge on any atom is -0.480 e. The molecule has 0 aliphatic carbocycles. The molecule has 0 aromatic rings. The van der Waals surface area contributed by atoms with Crippen molar-refractivity contribution in [2.45, 2.75) is 33.2 Å². The summed E-state index contributed by atoms with van der Waals surface area (Å²) in [5.41, 5.74) is 0. The number of carbonyl (C=O) groups excluding carboxylic acids is 2. The summed E-state index contributed by atoms with van der Waals surface area (Å²) in [6.07, 6.45) is 0.129. The van der Waals surface area contributed by atoms with Crippen molar-refractivity contribution in [1.82, 2.24) is 5.32 Å². The van der Waals surface area contributed by atoms with Crippen molar-refractivity contribution < 1.29 is 19.5 Å². The Morgan fingerprint density at radius 1 is 1.29 bits per heavy atom. The number of nitrogens with one attached hydrogen (secondary N) is 1. The predicted molar refractivity (Wildman–Crippen MR) is 49.7 cm³/mol. The molecule has 80 valence electrons. The molecular formula is C9H15NO4. The number of ketones is 1. The van der Waals surface area contributed by atoms with E-state index in [9.17, 15) is 14.4 Å². The molecule has 2 atom stereocenters. The van der Waals surface area contributed by atoms with Gasteiger partial charge in [0.15, 0.2) is 0 Å². The molecule has 0 bridgehead atoms. The van der Waals surface area contributed by atoms with Crippen LogP contribution >= 0.6 is 0 Å². The fourth-order valence-corrected chi connectivity index (χ4v) is 0.986. The molecule has 5 heteroatoms. The quantitative estimate of drug-likeness (QED) is 0.665. The maximum Gasteiger partial charge on any atom is 0.326 e. The average molecular weight is 201 g/mol. The third-order valence-corrected chi connectivity index (χ3v) is 1.96. The van der Waals surface area contributed by atoms with Gasteiger partial charge in [-0.2, -0.15) is 0 Å². The van der Waals surface area contributed by atoms with Crippen LogP contribution in [0.15, 0.2) is 0 Å². The number of carboxylic acids is 1. The molecule has 0 spiro atoms. The Hall–Kier alpha value is -1.39. The van der Waals surface area contributed by atoms with Crippen LogP contribution in [-0.4, -0.2) is 28.8 Å². The Morgan fingerprint density at radius 2 is 1.79 bits per heavy atom. The first-order valence-electron chi connectivity index (χ1n) is 4.35. The highest BCUT2D eigenvalue weighted by atomic mass is 16.4. The van der Waals surface area contributed by atoms with Gasteiger partial charge in [0.1, 0.15) is 11.8 Å². The summed E-state index contributed by atoms with van der Waals surface area (Å²) < 4.78 is 0. The predicted octanol–water partition coefficient (Wildman–Crippen LogP) is 0.191. The number of carboxylic acid groups (broad SMARTS) is 1. The van der Waals surface area contributed by atoms with Gasteiger partial charge in [-0.3, -0.25) is 9.59 Å². The summed E-state index contributed by atoms with van der Waals surface area (Å²) in [5.74, 6) is -1.97. The Morgan fingerprint density at radius 3 is 2.07 bits per heavy atom. The van der Waals surface area contributed by atoms with E-state index < -0.39 is 17.9 Å². The molecule has 0 aromatic heterocycles. The molecule has 5 nitrogen and oxygen atoms in total. The monoisotopic (exact) mass is 201 g/mol. The van der Waals surface area contributed by atoms with E-state index in [1.165, 1.54) is 13.8 Å². The van der Waals surface area contributed by atoms with Crippen LogP contribution in [0.4, 0.5) is 0 Å². The molecule has 0 fully saturated rings. The van der Waals surface area contributed by atoms with Crippen molar-refractivity contribution in [3.63, 3.8) is 0 Å². The average Bonchev–Trinajstić information content (AvgIpc) is 2.01. The highest BCUT2D eigenvalue weighted by molar-refractivity contribution is 5.83. The van der Waals surface area contributed by atoms with Crippen LogP contribution in [-0.2, 0) is 14.4 Å². The Labute approximate surface area is 82.5 Å². The molecule has 1 amide bonds. The van der Waals surface area contributed by atoms with Gasteiger partial charge in [0.25, 0.3) is 0 Å². The van der Waals surface area contributed by atoms with Crippen molar-refractivity contribution in [2.75, 3.05) is 0 Å². The fraction of sp³-hybridized carbons (Fsp3) is 0.667. The summed E-state index contributed by atoms with van der Waals surface area (Å²) in [6.45, 7) is 4.28. The molecule has 14 heavy (non-hydrogen) atoms. The van der Waals surface area contributed by atoms with Gasteiger partial charge >= 0.3 is 5.97 Å². The van der Waals surface area contributed by atoms with Crippen LogP contribution in [0.1, 0.15) is 27.2 Å². The number of hydrogen-bond donors (Lipinski definition) is 2. The lowest BCUT2D eigenvalue weighted by atomic mass is 9.98. The minimum atomic E-state index is -1.12. The maximum absolute atomic E-state index is 10.9. The Kier molecular flexibility index (Phi) is 4.83. The van der Waals surface area contributed by atoms with Gasteiger partial charge in [0.05, 0.1) is 0 Å². The Balaban J connectivity index is 4.30. The van der Waals surface area contributed by atoms with E-state index in [2.05, 4.69) is 5.32 Å². The standard InChI is InChI=1S/C9H15NO4/c1-5(6(2)11)4-8(9(13)14)10-7(3)12/h5,8H,4H2,1-3H3,(H,10,12)(H,13,14). The normalized spacial score (nSPS) is 14.2. The molecule has 0 aliphatic heterocycles. The second kappa shape index (κ2) is 5.36. The number of carbonyl (C=O) groups is 3. The van der Waals surface area contributed by atoms with Crippen LogP contribution in [0.25, 0.3) is 0 Å². The van der Waals surface area contributed by atoms with Crippen molar-refractivity contribution in [3.05, 3.63) is 0 Å². The Bertz CT molecular complexity index is 249. The smallest absolute Gasteiger partial charge is 0.326 e. The third-order valence-electron chi connectivity index (χ3n) is 1.96. The lowest BCUT2D eigenvalue weighted by Gasteiger charge is -2.15. The molecule has 0 radical (unpaired) electrons. The molecular weight excluding hydrogens is 186 g/mol. The van der Waals surface area contributed by atoms with Crippen LogP contribution in [0.5, 0.6) is 0 Å². The molecule has 0 heterocycles. The highest BCUT2D eigenvalue weighted by Crippen LogP contribution is 2.07. The zero-order valence-electron chi connectivity index (χ0n) is 8.53. The lowest BCUT2D eigenvalue weighted by molar-refractivity contribution is -0.142. The number of hydrogen-bond acceptors (Lipinski definition) is 3. The number of aliphatic carboxylic acids is 1. The summed E-state index contributed by atoms with van der Waals surface area (Å²) in [6, 6.07) is -0.980. The molecule has 0 aromatic carbocycles. The van der Waals surface area contributed by atoms with Gasteiger partial charge in [0.2, 0.25) is 5.91 Å². The third kappa shape index (κ3) is 4.59. The lowest BCUT2D eigenvalue weighted by Crippen LogP contribution is -2.41. The highest BCUT2D eigenvalue weighted by Gasteiger charge is 2.22. The second-order valence-electron chi connectivity index (χ2n) is 3.34. The van der Waals surface area contributed by atoms with Gasteiger partial charge < -0.3 is 10.4 Å². The first kappa shape index (κ1) is 12.6. The van der Waals surface area contributed by atoms with E-state index in [1.807, 2.05) is 0 Å². The van der Waals surface area contributed by atoms with Crippen LogP contribution < -0.4 is 5.32 Å². The van der Waals surface area contributed by atoms with Crippen molar-refractivity contribution >= 4 is 17.7 Å². The summed E-state index contributed by atoms with van der Waals surface area (Å²) in [5, 5.41) is 11.0. The second-order valence-corrected chi connectivity index (χ2v) is 3.34. The summed E-state index contributed by atoms with van der Waals surface area (Å²) in [7, 11) is 0. The number of rotatable bonds is 5. The molecule has 2 N–H and O–H groups in total. The summed E-state index contributed by atoms with van der Waals surface area (Å²) in [4.78, 5) is 32.2. The van der Waals surface area contributed by atoms with Gasteiger partial charge in [0, 0.05) is 12.8 Å². The van der Waals surface area contributed by atoms with E-state index in [1.54, 1.807) is 6.92 Å². The van der Waals surface area contributed by atoms with Gasteiger partial charge in [-0.05, 0) is 13.3 Å². The SMILES string of the molecule is CC(=O)NC(CC(C)C(C)=O)C(=O)O. The van der Waals surface area contributed by atoms with Crippen LogP contribution in [0.3, 0.4) is 0 Å². The van der Waals surface area contributed by atoms with Gasteiger partial charge in [-0.1, -0.05) is 6.92 Å². The molecule has 0 aliphatic rings. The molecule has 0 saturated carbocycles. The number of Topliss-reactive ketones (excluding diaryl/α,β-unsaturated/α-hetero) is 1. The number of amides is 1. The first-order chi connectivity index (χ1) is 6.34. The van der Waals surface area contributed by atoms with E-state index in [4.69, 9.17) is 5.11 Å². The largest absolute Gasteiger partial charge is 0.480 e. The van der Waals surface area contributed by atoms with Crippen LogP contribution in [0, 0.1) is 5.92 Å². The van der Waals surface area contributed by atoms with Gasteiger partial charge in [-0.15, -0.1) is 0 Å². The molecule has 0 rings (SSSR count). The first-order valence-corrected chi connectivity index (χ1v) is 4.35. The maximum atomic E-state index is 10.9. The van der Waals surface area contributed by atoms with Crippen molar-refractivity contribution in [1.29, 1.82) is 0 Å². The molecule has 2 unspecified atom stereocenters. The van der Waals surface area contributed by atoms with Crippen LogP contribution in [0.2, 0.25) is 0 Å². The zero-order chi connectivity index (χ0) is 11.3. The minimum absolute atomic E-state index is 0.0818. The van der Waals surface area contributed by atoms with E-state index in [0.29, 0.717) is 0 Å². The topological polar surface area (TPSA) is 83.5 Å². The fourth-order valence-electron chi connectivity index (χ4n) is 0.986. The van der Waals surface area contributed by atoms with E-state index in [0.717, 1.165) is 0 Å². The van der Waals surface area contributed by atoms with E-state index >= 15 is 0 Å². The van der Waals surface area contributed by atoms with Crippen molar-refractivity contribution in [2.24, 2.45) is 5.92 Å². The zero-order valence-corrected chi connectivity index (χ0v) is 8.53. The van der Waals surface area contributed by atoms with Crippen molar-refractivity contribution in [3.8, 4) is 0 Å². The summed E-state index contributed by atoms with van der Waals surface area (Å²) >= 11 is 0. The van der Waals surface area contributed by atoms with E-state index in [-0.39, 0.29) is 18.1 Å².